The lowest BCUT2D eigenvalue weighted by molar-refractivity contribution is 0.0214. The molecule has 0 amide bonds. The van der Waals surface area contributed by atoms with E-state index in [0.29, 0.717) is 6.54 Å². The number of aromatic nitrogens is 2. The number of nitrogens with zero attached hydrogens (tertiary/aromatic N) is 3. The fraction of sp³-hybridized carbons (Fsp3) is 0.400. The Balaban J connectivity index is 2.00. The molecule has 4 heteroatoms. The summed E-state index contributed by atoms with van der Waals surface area (Å²) in [6.45, 7) is 3.20. The highest BCUT2D eigenvalue weighted by Crippen LogP contribution is 2.21. The lowest BCUT2D eigenvalue weighted by atomic mass is 9.95. The second kappa shape index (κ2) is 5.55. The number of benzene rings is 1. The molecule has 2 aromatic rings. The van der Waals surface area contributed by atoms with Gasteiger partial charge in [0.05, 0.1) is 11.8 Å². The Labute approximate surface area is 114 Å². The van der Waals surface area contributed by atoms with Crippen LogP contribution in [0.5, 0.6) is 0 Å². The molecule has 0 aliphatic carbocycles. The summed E-state index contributed by atoms with van der Waals surface area (Å²) in [4.78, 5) is 2.10. The number of aliphatic hydroxyl groups is 1. The third-order valence-corrected chi connectivity index (χ3v) is 3.18. The van der Waals surface area contributed by atoms with Crippen LogP contribution in [-0.4, -0.2) is 33.4 Å². The molecular weight excluding hydrogens is 238 g/mol. The van der Waals surface area contributed by atoms with Gasteiger partial charge in [-0.25, -0.2) is 0 Å². The molecule has 0 radical (unpaired) electrons. The number of likely N-dealkylation sites (N-methyl/N-ethyl adjacent to an activating group) is 1. The van der Waals surface area contributed by atoms with E-state index < -0.39 is 5.60 Å². The first-order valence-corrected chi connectivity index (χ1v) is 6.41. The Morgan fingerprint density at radius 2 is 2.00 bits per heavy atom. The summed E-state index contributed by atoms with van der Waals surface area (Å²) in [6.07, 6.45) is 3.85. The summed E-state index contributed by atoms with van der Waals surface area (Å²) in [5, 5.41) is 14.7. The van der Waals surface area contributed by atoms with E-state index in [1.165, 1.54) is 0 Å². The van der Waals surface area contributed by atoms with Crippen molar-refractivity contribution in [2.45, 2.75) is 19.1 Å². The van der Waals surface area contributed by atoms with Gasteiger partial charge >= 0.3 is 0 Å². The molecule has 0 saturated carbocycles. The van der Waals surface area contributed by atoms with E-state index in [1.54, 1.807) is 4.68 Å². The van der Waals surface area contributed by atoms with E-state index in [1.807, 2.05) is 63.7 Å². The van der Waals surface area contributed by atoms with E-state index in [9.17, 15) is 5.11 Å². The van der Waals surface area contributed by atoms with E-state index >= 15 is 0 Å². The predicted octanol–water partition coefficient (Wildman–Crippen LogP) is 1.76. The third-order valence-electron chi connectivity index (χ3n) is 3.18. The van der Waals surface area contributed by atoms with Crippen molar-refractivity contribution in [1.29, 1.82) is 0 Å². The Morgan fingerprint density at radius 3 is 2.58 bits per heavy atom. The van der Waals surface area contributed by atoms with Crippen LogP contribution in [0.25, 0.3) is 0 Å². The molecule has 0 saturated heterocycles. The van der Waals surface area contributed by atoms with Crippen LogP contribution < -0.4 is 0 Å². The van der Waals surface area contributed by atoms with E-state index in [2.05, 4.69) is 10.00 Å². The molecule has 102 valence electrons. The van der Waals surface area contributed by atoms with Crippen molar-refractivity contribution in [1.82, 2.24) is 14.7 Å². The summed E-state index contributed by atoms with van der Waals surface area (Å²) >= 11 is 0. The molecule has 2 rings (SSSR count). The average Bonchev–Trinajstić information content (AvgIpc) is 2.75. The summed E-state index contributed by atoms with van der Waals surface area (Å²) in [7, 11) is 3.91. The third kappa shape index (κ3) is 3.66. The number of hydrogen-bond donors (Lipinski definition) is 1. The highest BCUT2D eigenvalue weighted by molar-refractivity contribution is 5.21. The predicted molar refractivity (Wildman–Crippen MR) is 75.6 cm³/mol. The Morgan fingerprint density at radius 1 is 1.32 bits per heavy atom. The monoisotopic (exact) mass is 259 g/mol. The number of aryl methyl sites for hydroxylation is 1. The summed E-state index contributed by atoms with van der Waals surface area (Å²) in [5.74, 6) is 0. The maximum atomic E-state index is 10.6. The van der Waals surface area contributed by atoms with Crippen molar-refractivity contribution < 1.29 is 5.11 Å². The minimum absolute atomic E-state index is 0.575. The van der Waals surface area contributed by atoms with Crippen LogP contribution in [0.2, 0.25) is 0 Å². The van der Waals surface area contributed by atoms with Crippen LogP contribution in [0.4, 0.5) is 0 Å². The van der Waals surface area contributed by atoms with Gasteiger partial charge in [0.15, 0.2) is 0 Å². The summed E-state index contributed by atoms with van der Waals surface area (Å²) in [5.41, 5.74) is 1.24. The average molecular weight is 259 g/mol. The molecule has 0 aliphatic heterocycles. The van der Waals surface area contributed by atoms with Crippen LogP contribution in [-0.2, 0) is 19.2 Å². The molecule has 0 aliphatic rings. The quantitative estimate of drug-likeness (QED) is 0.889. The minimum Gasteiger partial charge on any atom is -0.384 e. The molecule has 1 heterocycles. The lowest BCUT2D eigenvalue weighted by Crippen LogP contribution is -2.36. The largest absolute Gasteiger partial charge is 0.384 e. The molecule has 1 unspecified atom stereocenters. The van der Waals surface area contributed by atoms with E-state index in [-0.39, 0.29) is 0 Å². The second-order valence-corrected chi connectivity index (χ2v) is 5.33. The lowest BCUT2D eigenvalue weighted by Gasteiger charge is -2.29. The van der Waals surface area contributed by atoms with Crippen molar-refractivity contribution in [2.75, 3.05) is 13.6 Å². The number of rotatable bonds is 5. The topological polar surface area (TPSA) is 41.3 Å². The zero-order valence-electron chi connectivity index (χ0n) is 11.7. The molecule has 0 bridgehead atoms. The molecule has 1 aromatic heterocycles. The molecular formula is C15H21N3O. The Hall–Kier alpha value is -1.65. The smallest absolute Gasteiger partial charge is 0.0994 e. The molecule has 1 aromatic carbocycles. The van der Waals surface area contributed by atoms with Crippen molar-refractivity contribution >= 4 is 0 Å². The zero-order valence-corrected chi connectivity index (χ0v) is 11.7. The van der Waals surface area contributed by atoms with Crippen LogP contribution >= 0.6 is 0 Å². The van der Waals surface area contributed by atoms with Crippen molar-refractivity contribution in [3.05, 3.63) is 53.9 Å². The number of hydrogen-bond acceptors (Lipinski definition) is 3. The van der Waals surface area contributed by atoms with Gasteiger partial charge in [0.1, 0.15) is 0 Å². The zero-order chi connectivity index (χ0) is 13.9. The van der Waals surface area contributed by atoms with Gasteiger partial charge in [-0.3, -0.25) is 9.58 Å². The van der Waals surface area contributed by atoms with Gasteiger partial charge in [0.2, 0.25) is 0 Å². The summed E-state index contributed by atoms with van der Waals surface area (Å²) < 4.78 is 1.79. The van der Waals surface area contributed by atoms with Crippen LogP contribution in [0.1, 0.15) is 18.1 Å². The molecule has 1 N–H and O–H groups in total. The van der Waals surface area contributed by atoms with Gasteiger partial charge in [-0.1, -0.05) is 30.3 Å². The first-order chi connectivity index (χ1) is 8.97. The first kappa shape index (κ1) is 13.8. The van der Waals surface area contributed by atoms with E-state index in [0.717, 1.165) is 17.7 Å². The first-order valence-electron chi connectivity index (χ1n) is 6.41. The van der Waals surface area contributed by atoms with Gasteiger partial charge in [-0.05, 0) is 19.5 Å². The fourth-order valence-electron chi connectivity index (χ4n) is 2.34. The normalized spacial score (nSPS) is 14.6. The van der Waals surface area contributed by atoms with Crippen molar-refractivity contribution in [3.63, 3.8) is 0 Å². The molecule has 0 fully saturated rings. The molecule has 0 spiro atoms. The SMILES string of the molecule is CN(Cc1cnn(C)c1)CC(C)(O)c1ccccc1. The minimum atomic E-state index is -0.849. The fourth-order valence-corrected chi connectivity index (χ4v) is 2.34. The standard InChI is InChI=1S/C15H21N3O/c1-15(19,14-7-5-4-6-8-14)12-17(2)10-13-9-16-18(3)11-13/h4-9,11,19H,10,12H2,1-3H3. The van der Waals surface area contributed by atoms with Gasteiger partial charge < -0.3 is 5.11 Å². The maximum absolute atomic E-state index is 10.6. The van der Waals surface area contributed by atoms with Crippen LogP contribution in [0.3, 0.4) is 0 Å². The maximum Gasteiger partial charge on any atom is 0.0994 e. The van der Waals surface area contributed by atoms with Gasteiger partial charge in [0, 0.05) is 31.9 Å². The Bertz CT molecular complexity index is 519. The van der Waals surface area contributed by atoms with Crippen molar-refractivity contribution in [2.24, 2.45) is 7.05 Å². The Kier molecular flexibility index (Phi) is 4.02. The molecule has 19 heavy (non-hydrogen) atoms. The van der Waals surface area contributed by atoms with E-state index in [4.69, 9.17) is 0 Å². The molecule has 1 atom stereocenters. The summed E-state index contributed by atoms with van der Waals surface area (Å²) in [6, 6.07) is 9.77. The van der Waals surface area contributed by atoms with Gasteiger partial charge in [-0.2, -0.15) is 5.10 Å². The van der Waals surface area contributed by atoms with Crippen LogP contribution in [0, 0.1) is 0 Å². The van der Waals surface area contributed by atoms with Crippen LogP contribution in [0.15, 0.2) is 42.7 Å². The second-order valence-electron chi connectivity index (χ2n) is 5.33. The van der Waals surface area contributed by atoms with Gasteiger partial charge in [0.25, 0.3) is 0 Å². The molecule has 4 nitrogen and oxygen atoms in total. The highest BCUT2D eigenvalue weighted by Gasteiger charge is 2.24. The highest BCUT2D eigenvalue weighted by atomic mass is 16.3. The van der Waals surface area contributed by atoms with Crippen molar-refractivity contribution in [3.8, 4) is 0 Å². The van der Waals surface area contributed by atoms with Gasteiger partial charge in [-0.15, -0.1) is 0 Å².